The van der Waals surface area contributed by atoms with E-state index in [9.17, 15) is 18.4 Å². The minimum Gasteiger partial charge on any atom is -0.351 e. The van der Waals surface area contributed by atoms with E-state index in [2.05, 4.69) is 21.7 Å². The van der Waals surface area contributed by atoms with Crippen molar-refractivity contribution < 1.29 is 18.4 Å². The van der Waals surface area contributed by atoms with Gasteiger partial charge in [-0.1, -0.05) is 15.9 Å². The predicted molar refractivity (Wildman–Crippen MR) is 51.1 cm³/mol. The second-order valence-electron chi connectivity index (χ2n) is 2.56. The van der Waals surface area contributed by atoms with Gasteiger partial charge in [0.25, 0.3) is 5.91 Å². The lowest BCUT2D eigenvalue weighted by molar-refractivity contribution is 0.0958. The molecule has 1 aromatic rings. The van der Waals surface area contributed by atoms with Crippen molar-refractivity contribution in [2.75, 3.05) is 0 Å². The molecule has 0 aliphatic rings. The number of hydrogen-bond acceptors (Lipinski definition) is 2. The van der Waals surface area contributed by atoms with E-state index in [0.29, 0.717) is 0 Å². The van der Waals surface area contributed by atoms with Crippen LogP contribution in [-0.4, -0.2) is 11.9 Å². The second kappa shape index (κ2) is 4.35. The average molecular weight is 279 g/mol. The van der Waals surface area contributed by atoms with Gasteiger partial charge < -0.3 is 5.73 Å². The molecule has 0 fully saturated rings. The Kier molecular flexibility index (Phi) is 3.35. The van der Waals surface area contributed by atoms with Crippen LogP contribution in [-0.2, 0) is 0 Å². The quantitative estimate of drug-likeness (QED) is 0.818. The van der Waals surface area contributed by atoms with Gasteiger partial charge in [0.2, 0.25) is 0 Å². The van der Waals surface area contributed by atoms with Crippen molar-refractivity contribution in [1.29, 1.82) is 0 Å². The van der Waals surface area contributed by atoms with E-state index in [-0.39, 0.29) is 4.47 Å². The van der Waals surface area contributed by atoms with Crippen LogP contribution in [0.15, 0.2) is 16.6 Å². The molecule has 0 atom stereocenters. The Hall–Kier alpha value is -1.50. The summed E-state index contributed by atoms with van der Waals surface area (Å²) >= 11 is 2.84. The number of carbonyl (C=O) groups excluding carboxylic acids is 2. The predicted octanol–water partition coefficient (Wildman–Crippen LogP) is 1.54. The van der Waals surface area contributed by atoms with Gasteiger partial charge in [-0.15, -0.1) is 0 Å². The molecule has 0 spiro atoms. The number of nitrogens with one attached hydrogen (secondary N) is 1. The first-order valence-electron chi connectivity index (χ1n) is 3.67. The van der Waals surface area contributed by atoms with Crippen LogP contribution in [0, 0.1) is 11.6 Å². The van der Waals surface area contributed by atoms with Crippen LogP contribution in [0.25, 0.3) is 0 Å². The maximum Gasteiger partial charge on any atom is 0.319 e. The van der Waals surface area contributed by atoms with Crippen LogP contribution < -0.4 is 11.1 Å². The number of urea groups is 1. The van der Waals surface area contributed by atoms with Gasteiger partial charge in [-0.05, 0) is 12.1 Å². The van der Waals surface area contributed by atoms with E-state index in [0.717, 1.165) is 12.1 Å². The van der Waals surface area contributed by atoms with Gasteiger partial charge in [-0.3, -0.25) is 10.1 Å². The highest BCUT2D eigenvalue weighted by atomic mass is 79.9. The summed E-state index contributed by atoms with van der Waals surface area (Å²) in [5, 5.41) is 1.56. The molecule has 4 nitrogen and oxygen atoms in total. The summed E-state index contributed by atoms with van der Waals surface area (Å²) in [5.74, 6) is -3.38. The Bertz CT molecular complexity index is 414. The summed E-state index contributed by atoms with van der Waals surface area (Å²) in [6, 6.07) is 0.625. The van der Waals surface area contributed by atoms with E-state index in [1.54, 1.807) is 5.32 Å². The molecule has 1 rings (SSSR count). The molecule has 0 saturated carbocycles. The van der Waals surface area contributed by atoms with Gasteiger partial charge in [0.05, 0.1) is 0 Å². The second-order valence-corrected chi connectivity index (χ2v) is 3.48. The lowest BCUT2D eigenvalue weighted by Gasteiger charge is -2.04. The number of imide groups is 1. The Morgan fingerprint density at radius 1 is 1.27 bits per heavy atom. The van der Waals surface area contributed by atoms with Gasteiger partial charge in [0.1, 0.15) is 17.2 Å². The fraction of sp³-hybridized carbons (Fsp3) is 0. The lowest BCUT2D eigenvalue weighted by Crippen LogP contribution is -2.36. The Labute approximate surface area is 91.6 Å². The van der Waals surface area contributed by atoms with Crippen LogP contribution >= 0.6 is 15.9 Å². The summed E-state index contributed by atoms with van der Waals surface area (Å²) in [4.78, 5) is 21.4. The molecule has 0 aliphatic heterocycles. The number of rotatable bonds is 1. The molecule has 0 aromatic heterocycles. The van der Waals surface area contributed by atoms with Gasteiger partial charge in [-0.2, -0.15) is 0 Å². The fourth-order valence-corrected chi connectivity index (χ4v) is 1.34. The normalized spacial score (nSPS) is 9.80. The minimum absolute atomic E-state index is 0.146. The summed E-state index contributed by atoms with van der Waals surface area (Å²) < 4.78 is 26.4. The van der Waals surface area contributed by atoms with Crippen molar-refractivity contribution >= 4 is 27.9 Å². The van der Waals surface area contributed by atoms with Crippen molar-refractivity contribution in [3.05, 3.63) is 33.8 Å². The van der Waals surface area contributed by atoms with Crippen LogP contribution in [0.4, 0.5) is 13.6 Å². The maximum atomic E-state index is 13.1. The number of benzene rings is 1. The van der Waals surface area contributed by atoms with E-state index < -0.39 is 29.1 Å². The molecule has 1 aromatic carbocycles. The zero-order valence-corrected chi connectivity index (χ0v) is 8.77. The molecule has 80 valence electrons. The van der Waals surface area contributed by atoms with Crippen molar-refractivity contribution in [3.8, 4) is 0 Å². The van der Waals surface area contributed by atoms with Gasteiger partial charge in [-0.25, -0.2) is 13.6 Å². The third kappa shape index (κ3) is 2.72. The summed E-state index contributed by atoms with van der Waals surface area (Å²) in [6.07, 6.45) is 0. The third-order valence-corrected chi connectivity index (χ3v) is 1.93. The molecule has 3 N–H and O–H groups in total. The molecule has 0 bridgehead atoms. The smallest absolute Gasteiger partial charge is 0.319 e. The molecule has 0 heterocycles. The number of amides is 3. The van der Waals surface area contributed by atoms with Gasteiger partial charge in [0, 0.05) is 4.47 Å². The zero-order chi connectivity index (χ0) is 11.6. The Morgan fingerprint density at radius 3 is 2.13 bits per heavy atom. The van der Waals surface area contributed by atoms with Crippen LogP contribution in [0.5, 0.6) is 0 Å². The standard InChI is InChI=1S/C8H5BrF2N2O2/c9-3-1-4(10)6(5(11)2-3)7(14)13-8(12)15/h1-2H,(H3,12,13,14,15). The SMILES string of the molecule is NC(=O)NC(=O)c1c(F)cc(Br)cc1F. The molecule has 0 unspecified atom stereocenters. The number of primary amides is 1. The molecular weight excluding hydrogens is 274 g/mol. The van der Waals surface area contributed by atoms with Crippen LogP contribution in [0.1, 0.15) is 10.4 Å². The van der Waals surface area contributed by atoms with E-state index >= 15 is 0 Å². The van der Waals surface area contributed by atoms with Crippen molar-refractivity contribution in [3.63, 3.8) is 0 Å². The maximum absolute atomic E-state index is 13.1. The highest BCUT2D eigenvalue weighted by Gasteiger charge is 2.19. The minimum atomic E-state index is -1.22. The Morgan fingerprint density at radius 2 is 1.73 bits per heavy atom. The highest BCUT2D eigenvalue weighted by Crippen LogP contribution is 2.19. The van der Waals surface area contributed by atoms with Crippen LogP contribution in [0.3, 0.4) is 0 Å². The molecular formula is C8H5BrF2N2O2. The summed E-state index contributed by atoms with van der Waals surface area (Å²) in [6.45, 7) is 0. The Balaban J connectivity index is 3.14. The topological polar surface area (TPSA) is 72.2 Å². The molecule has 0 saturated heterocycles. The number of hydrogen-bond donors (Lipinski definition) is 2. The first kappa shape index (κ1) is 11.6. The largest absolute Gasteiger partial charge is 0.351 e. The van der Waals surface area contributed by atoms with Crippen molar-refractivity contribution in [1.82, 2.24) is 5.32 Å². The molecule has 0 radical (unpaired) electrons. The number of carbonyl (C=O) groups is 2. The molecule has 3 amide bonds. The molecule has 0 aliphatic carbocycles. The summed E-state index contributed by atoms with van der Waals surface area (Å²) in [5.41, 5.74) is 3.79. The molecule has 7 heteroatoms. The van der Waals surface area contributed by atoms with E-state index in [1.165, 1.54) is 0 Å². The number of halogens is 3. The third-order valence-electron chi connectivity index (χ3n) is 1.47. The van der Waals surface area contributed by atoms with Crippen molar-refractivity contribution in [2.45, 2.75) is 0 Å². The fourth-order valence-electron chi connectivity index (χ4n) is 0.934. The van der Waals surface area contributed by atoms with Crippen molar-refractivity contribution in [2.24, 2.45) is 5.73 Å². The monoisotopic (exact) mass is 278 g/mol. The zero-order valence-electron chi connectivity index (χ0n) is 7.18. The van der Waals surface area contributed by atoms with E-state index in [4.69, 9.17) is 0 Å². The van der Waals surface area contributed by atoms with Crippen LogP contribution in [0.2, 0.25) is 0 Å². The molecule has 15 heavy (non-hydrogen) atoms. The first-order valence-corrected chi connectivity index (χ1v) is 4.46. The number of nitrogens with two attached hydrogens (primary N) is 1. The first-order chi connectivity index (χ1) is 6.91. The summed E-state index contributed by atoms with van der Waals surface area (Å²) in [7, 11) is 0. The van der Waals surface area contributed by atoms with Gasteiger partial charge in [0.15, 0.2) is 0 Å². The average Bonchev–Trinajstić information content (AvgIpc) is 1.99. The highest BCUT2D eigenvalue weighted by molar-refractivity contribution is 9.10. The van der Waals surface area contributed by atoms with E-state index in [1.807, 2.05) is 0 Å². The lowest BCUT2D eigenvalue weighted by atomic mass is 10.2. The van der Waals surface area contributed by atoms with Gasteiger partial charge >= 0.3 is 6.03 Å².